The Balaban J connectivity index is 1.80. The van der Waals surface area contributed by atoms with Crippen LogP contribution in [0, 0.1) is 0 Å². The molecule has 0 radical (unpaired) electrons. The van der Waals surface area contributed by atoms with Crippen LogP contribution in [0.2, 0.25) is 0 Å². The van der Waals surface area contributed by atoms with Gasteiger partial charge in [-0.05, 0) is 30.3 Å². The highest BCUT2D eigenvalue weighted by Crippen LogP contribution is 2.24. The average molecular weight is 346 g/mol. The van der Waals surface area contributed by atoms with Crippen molar-refractivity contribution < 1.29 is 4.79 Å². The van der Waals surface area contributed by atoms with Crippen molar-refractivity contribution in [3.05, 3.63) is 73.2 Å². The molecule has 1 aromatic carbocycles. The SMILES string of the molecule is NC(=O)c1nccnc1Nc1cc(-n2cccn2)cc(-n2cccn2)c1. The second kappa shape index (κ2) is 6.48. The van der Waals surface area contributed by atoms with Gasteiger partial charge in [0.25, 0.3) is 5.91 Å². The predicted molar refractivity (Wildman–Crippen MR) is 94.5 cm³/mol. The van der Waals surface area contributed by atoms with Gasteiger partial charge in [0.05, 0.1) is 11.4 Å². The lowest BCUT2D eigenvalue weighted by Gasteiger charge is -2.12. The summed E-state index contributed by atoms with van der Waals surface area (Å²) in [5, 5.41) is 11.6. The lowest BCUT2D eigenvalue weighted by atomic mass is 10.2. The van der Waals surface area contributed by atoms with E-state index in [1.54, 1.807) is 21.8 Å². The van der Waals surface area contributed by atoms with E-state index >= 15 is 0 Å². The minimum Gasteiger partial charge on any atom is -0.364 e. The van der Waals surface area contributed by atoms with Crippen LogP contribution in [0.4, 0.5) is 11.5 Å². The third kappa shape index (κ3) is 3.00. The van der Waals surface area contributed by atoms with E-state index in [4.69, 9.17) is 5.73 Å². The molecule has 0 aliphatic rings. The van der Waals surface area contributed by atoms with Crippen molar-refractivity contribution in [2.45, 2.75) is 0 Å². The summed E-state index contributed by atoms with van der Waals surface area (Å²) in [4.78, 5) is 19.7. The number of carbonyl (C=O) groups is 1. The molecule has 0 unspecified atom stereocenters. The molecule has 0 fully saturated rings. The van der Waals surface area contributed by atoms with Gasteiger partial charge in [-0.3, -0.25) is 4.79 Å². The first kappa shape index (κ1) is 15.5. The van der Waals surface area contributed by atoms with E-state index in [2.05, 4.69) is 25.5 Å². The summed E-state index contributed by atoms with van der Waals surface area (Å²) in [5.41, 5.74) is 7.76. The molecule has 1 amide bonds. The molecule has 0 aliphatic heterocycles. The van der Waals surface area contributed by atoms with Gasteiger partial charge >= 0.3 is 0 Å². The Morgan fingerprint density at radius 2 is 1.50 bits per heavy atom. The maximum atomic E-state index is 11.6. The monoisotopic (exact) mass is 346 g/mol. The molecule has 3 heterocycles. The zero-order valence-corrected chi connectivity index (χ0v) is 13.5. The summed E-state index contributed by atoms with van der Waals surface area (Å²) in [5.74, 6) is -0.375. The van der Waals surface area contributed by atoms with Gasteiger partial charge in [0.15, 0.2) is 11.5 Å². The number of aromatic nitrogens is 6. The van der Waals surface area contributed by atoms with Crippen LogP contribution in [-0.2, 0) is 0 Å². The lowest BCUT2D eigenvalue weighted by molar-refractivity contribution is 0.0996. The summed E-state index contributed by atoms with van der Waals surface area (Å²) >= 11 is 0. The van der Waals surface area contributed by atoms with Crippen LogP contribution in [0.5, 0.6) is 0 Å². The molecule has 9 nitrogen and oxygen atoms in total. The van der Waals surface area contributed by atoms with Gasteiger partial charge in [0.1, 0.15) is 0 Å². The summed E-state index contributed by atoms with van der Waals surface area (Å²) < 4.78 is 3.45. The third-order valence-corrected chi connectivity index (χ3v) is 3.63. The number of amides is 1. The molecule has 3 N–H and O–H groups in total. The number of primary amides is 1. The quantitative estimate of drug-likeness (QED) is 0.568. The van der Waals surface area contributed by atoms with Crippen molar-refractivity contribution in [1.82, 2.24) is 29.5 Å². The maximum absolute atomic E-state index is 11.6. The molecule has 0 saturated carbocycles. The number of benzene rings is 1. The molecule has 0 aliphatic carbocycles. The van der Waals surface area contributed by atoms with Crippen molar-refractivity contribution in [2.75, 3.05) is 5.32 Å². The fraction of sp³-hybridized carbons (Fsp3) is 0. The van der Waals surface area contributed by atoms with Crippen molar-refractivity contribution in [1.29, 1.82) is 0 Å². The fourth-order valence-electron chi connectivity index (χ4n) is 2.52. The van der Waals surface area contributed by atoms with Crippen LogP contribution in [0.3, 0.4) is 0 Å². The van der Waals surface area contributed by atoms with Crippen LogP contribution >= 0.6 is 0 Å². The average Bonchev–Trinajstić information content (AvgIpc) is 3.36. The van der Waals surface area contributed by atoms with Gasteiger partial charge in [0.2, 0.25) is 0 Å². The van der Waals surface area contributed by atoms with Crippen molar-refractivity contribution in [3.8, 4) is 11.4 Å². The molecular formula is C17H14N8O. The highest BCUT2D eigenvalue weighted by molar-refractivity contribution is 5.96. The second-order valence-electron chi connectivity index (χ2n) is 5.38. The van der Waals surface area contributed by atoms with E-state index in [9.17, 15) is 4.79 Å². The standard InChI is InChI=1S/C17H14N8O/c18-16(26)15-17(20-6-5-19-15)23-12-9-13(24-7-1-3-21-24)11-14(10-12)25-8-2-4-22-25/h1-11H,(H2,18,26)(H,20,23). The third-order valence-electron chi connectivity index (χ3n) is 3.63. The van der Waals surface area contributed by atoms with Crippen LogP contribution in [0.25, 0.3) is 11.4 Å². The zero-order valence-electron chi connectivity index (χ0n) is 13.5. The summed E-state index contributed by atoms with van der Waals surface area (Å²) in [7, 11) is 0. The molecule has 26 heavy (non-hydrogen) atoms. The number of rotatable bonds is 5. The van der Waals surface area contributed by atoms with E-state index in [1.165, 1.54) is 12.4 Å². The number of nitrogens with zero attached hydrogens (tertiary/aromatic N) is 6. The summed E-state index contributed by atoms with van der Waals surface area (Å²) in [6.45, 7) is 0. The summed E-state index contributed by atoms with van der Waals surface area (Å²) in [6.07, 6.45) is 9.97. The van der Waals surface area contributed by atoms with Gasteiger partial charge in [-0.1, -0.05) is 0 Å². The largest absolute Gasteiger partial charge is 0.364 e. The topological polar surface area (TPSA) is 117 Å². The molecule has 4 aromatic rings. The Labute approximate surface area is 148 Å². The van der Waals surface area contributed by atoms with Gasteiger partial charge in [0, 0.05) is 42.9 Å². The lowest BCUT2D eigenvalue weighted by Crippen LogP contribution is -2.16. The molecule has 3 aromatic heterocycles. The summed E-state index contributed by atoms with van der Waals surface area (Å²) in [6, 6.07) is 9.36. The normalized spacial score (nSPS) is 10.6. The minimum atomic E-state index is -0.656. The van der Waals surface area contributed by atoms with E-state index in [-0.39, 0.29) is 11.5 Å². The fourth-order valence-corrected chi connectivity index (χ4v) is 2.52. The van der Waals surface area contributed by atoms with Crippen molar-refractivity contribution in [3.63, 3.8) is 0 Å². The maximum Gasteiger partial charge on any atom is 0.271 e. The zero-order chi connectivity index (χ0) is 17.9. The van der Waals surface area contributed by atoms with Gasteiger partial charge in [-0.15, -0.1) is 0 Å². The highest BCUT2D eigenvalue weighted by atomic mass is 16.1. The molecule has 0 spiro atoms. The molecule has 9 heteroatoms. The Kier molecular flexibility index (Phi) is 3.86. The first-order valence-electron chi connectivity index (χ1n) is 7.74. The molecular weight excluding hydrogens is 332 g/mol. The van der Waals surface area contributed by atoms with Crippen LogP contribution < -0.4 is 11.1 Å². The number of anilines is 2. The van der Waals surface area contributed by atoms with E-state index < -0.39 is 5.91 Å². The molecule has 0 saturated heterocycles. The van der Waals surface area contributed by atoms with Gasteiger partial charge in [-0.25, -0.2) is 19.3 Å². The smallest absolute Gasteiger partial charge is 0.271 e. The number of nitrogens with one attached hydrogen (secondary N) is 1. The Hall–Kier alpha value is -4.01. The first-order valence-corrected chi connectivity index (χ1v) is 7.74. The highest BCUT2D eigenvalue weighted by Gasteiger charge is 2.12. The van der Waals surface area contributed by atoms with E-state index in [0.717, 1.165) is 11.4 Å². The van der Waals surface area contributed by atoms with E-state index in [0.29, 0.717) is 5.69 Å². The number of carbonyl (C=O) groups excluding carboxylic acids is 1. The Bertz CT molecular complexity index is 988. The Morgan fingerprint density at radius 3 is 2.04 bits per heavy atom. The van der Waals surface area contributed by atoms with Crippen molar-refractivity contribution in [2.24, 2.45) is 5.73 Å². The Morgan fingerprint density at radius 1 is 0.885 bits per heavy atom. The molecule has 4 rings (SSSR count). The minimum absolute atomic E-state index is 0.0673. The van der Waals surface area contributed by atoms with Crippen LogP contribution in [0.1, 0.15) is 10.5 Å². The van der Waals surface area contributed by atoms with Gasteiger partial charge < -0.3 is 11.1 Å². The van der Waals surface area contributed by atoms with Crippen LogP contribution in [0.15, 0.2) is 67.5 Å². The number of hydrogen-bond acceptors (Lipinski definition) is 6. The molecule has 0 atom stereocenters. The van der Waals surface area contributed by atoms with Gasteiger partial charge in [-0.2, -0.15) is 10.2 Å². The predicted octanol–water partition coefficient (Wildman–Crippen LogP) is 1.69. The van der Waals surface area contributed by atoms with E-state index in [1.807, 2.05) is 42.7 Å². The second-order valence-corrected chi connectivity index (χ2v) is 5.38. The number of hydrogen-bond donors (Lipinski definition) is 2. The molecule has 0 bridgehead atoms. The van der Waals surface area contributed by atoms with Crippen LogP contribution in [-0.4, -0.2) is 35.4 Å². The number of nitrogens with two attached hydrogens (primary N) is 1. The first-order chi connectivity index (χ1) is 12.7. The van der Waals surface area contributed by atoms with Crippen molar-refractivity contribution >= 4 is 17.4 Å². The molecule has 128 valence electrons.